The van der Waals surface area contributed by atoms with E-state index in [1.54, 1.807) is 6.92 Å². The lowest BCUT2D eigenvalue weighted by Gasteiger charge is -2.10. The van der Waals surface area contributed by atoms with Crippen LogP contribution in [-0.2, 0) is 6.42 Å². The van der Waals surface area contributed by atoms with Crippen LogP contribution in [0.5, 0.6) is 11.6 Å². The van der Waals surface area contributed by atoms with Crippen LogP contribution < -0.4 is 10.5 Å². The zero-order valence-corrected chi connectivity index (χ0v) is 10.9. The van der Waals surface area contributed by atoms with Crippen molar-refractivity contribution < 1.29 is 4.74 Å². The highest BCUT2D eigenvalue weighted by Gasteiger charge is 2.08. The van der Waals surface area contributed by atoms with Gasteiger partial charge in [0.05, 0.1) is 5.56 Å². The van der Waals surface area contributed by atoms with Crippen molar-refractivity contribution in [3.8, 4) is 11.6 Å². The number of aromatic nitrogens is 2. The molecule has 1 aromatic carbocycles. The summed E-state index contributed by atoms with van der Waals surface area (Å²) in [6.45, 7) is 5.77. The molecule has 4 heteroatoms. The monoisotopic (exact) mass is 243 g/mol. The molecule has 4 nitrogen and oxygen atoms in total. The van der Waals surface area contributed by atoms with Crippen molar-refractivity contribution in [1.82, 2.24) is 9.97 Å². The predicted octanol–water partition coefficient (Wildman–Crippen LogP) is 3.03. The molecule has 0 aliphatic carbocycles. The van der Waals surface area contributed by atoms with Crippen molar-refractivity contribution in [2.24, 2.45) is 0 Å². The molecule has 1 aromatic heterocycles. The van der Waals surface area contributed by atoms with Crippen molar-refractivity contribution in [2.45, 2.75) is 27.2 Å². The van der Waals surface area contributed by atoms with Gasteiger partial charge in [0.1, 0.15) is 17.4 Å². The van der Waals surface area contributed by atoms with E-state index in [9.17, 15) is 0 Å². The third-order valence-corrected chi connectivity index (χ3v) is 2.80. The van der Waals surface area contributed by atoms with E-state index in [2.05, 4.69) is 16.9 Å². The minimum atomic E-state index is 0.461. The Hall–Kier alpha value is -2.10. The number of aryl methyl sites for hydroxylation is 2. The van der Waals surface area contributed by atoms with Gasteiger partial charge in [-0.05, 0) is 38.0 Å². The quantitative estimate of drug-likeness (QED) is 0.900. The Balaban J connectivity index is 2.27. The average Bonchev–Trinajstić information content (AvgIpc) is 2.36. The first-order chi connectivity index (χ1) is 8.60. The zero-order chi connectivity index (χ0) is 13.1. The van der Waals surface area contributed by atoms with Crippen LogP contribution in [0.2, 0.25) is 0 Å². The number of benzene rings is 1. The maximum Gasteiger partial charge on any atom is 0.227 e. The molecule has 0 atom stereocenters. The molecule has 1 heterocycles. The van der Waals surface area contributed by atoms with E-state index in [1.165, 1.54) is 5.56 Å². The summed E-state index contributed by atoms with van der Waals surface area (Å²) >= 11 is 0. The van der Waals surface area contributed by atoms with Gasteiger partial charge in [-0.1, -0.05) is 19.1 Å². The van der Waals surface area contributed by atoms with Crippen molar-refractivity contribution in [3.05, 3.63) is 41.2 Å². The van der Waals surface area contributed by atoms with Gasteiger partial charge in [0, 0.05) is 0 Å². The second kappa shape index (κ2) is 5.04. The molecule has 0 aliphatic rings. The molecule has 2 aromatic rings. The fraction of sp³-hybridized carbons (Fsp3) is 0.286. The molecule has 0 unspecified atom stereocenters. The van der Waals surface area contributed by atoms with Crippen molar-refractivity contribution in [2.75, 3.05) is 5.73 Å². The van der Waals surface area contributed by atoms with Gasteiger partial charge in [-0.25, -0.2) is 4.98 Å². The lowest BCUT2D eigenvalue weighted by molar-refractivity contribution is 0.456. The van der Waals surface area contributed by atoms with E-state index in [-0.39, 0.29) is 0 Å². The number of nitrogens with zero attached hydrogens (tertiary/aromatic N) is 2. The van der Waals surface area contributed by atoms with E-state index in [1.807, 2.05) is 31.2 Å². The lowest BCUT2D eigenvalue weighted by atomic mass is 10.2. The van der Waals surface area contributed by atoms with Crippen LogP contribution in [0.1, 0.15) is 23.9 Å². The highest BCUT2D eigenvalue weighted by atomic mass is 16.5. The van der Waals surface area contributed by atoms with Gasteiger partial charge in [0.25, 0.3) is 0 Å². The Bertz CT molecular complexity index is 550. The third-order valence-electron chi connectivity index (χ3n) is 2.80. The van der Waals surface area contributed by atoms with Crippen molar-refractivity contribution >= 4 is 5.82 Å². The predicted molar refractivity (Wildman–Crippen MR) is 71.8 cm³/mol. The number of hydrogen-bond acceptors (Lipinski definition) is 4. The topological polar surface area (TPSA) is 61.0 Å². The van der Waals surface area contributed by atoms with Crippen LogP contribution in [0.25, 0.3) is 0 Å². The number of hydrogen-bond donors (Lipinski definition) is 1. The third kappa shape index (κ3) is 2.59. The number of nitrogens with two attached hydrogens (primary N) is 1. The van der Waals surface area contributed by atoms with Crippen LogP contribution in [0.3, 0.4) is 0 Å². The Morgan fingerprint density at radius 3 is 2.39 bits per heavy atom. The van der Waals surface area contributed by atoms with Gasteiger partial charge in [-0.2, -0.15) is 4.98 Å². The lowest BCUT2D eigenvalue weighted by Crippen LogP contribution is -2.02. The summed E-state index contributed by atoms with van der Waals surface area (Å²) in [5, 5.41) is 0. The highest BCUT2D eigenvalue weighted by molar-refractivity contribution is 5.45. The van der Waals surface area contributed by atoms with E-state index in [0.29, 0.717) is 17.5 Å². The first kappa shape index (κ1) is 12.4. The second-order valence-corrected chi connectivity index (χ2v) is 4.19. The first-order valence-corrected chi connectivity index (χ1v) is 5.97. The van der Waals surface area contributed by atoms with E-state index in [0.717, 1.165) is 17.7 Å². The molecule has 18 heavy (non-hydrogen) atoms. The van der Waals surface area contributed by atoms with Gasteiger partial charge in [-0.3, -0.25) is 0 Å². The van der Waals surface area contributed by atoms with Crippen LogP contribution in [0.15, 0.2) is 24.3 Å². The smallest absolute Gasteiger partial charge is 0.227 e. The first-order valence-electron chi connectivity index (χ1n) is 5.97. The Labute approximate surface area is 107 Å². The van der Waals surface area contributed by atoms with Crippen LogP contribution in [0, 0.1) is 13.8 Å². The molecule has 2 N–H and O–H groups in total. The Morgan fingerprint density at radius 1 is 1.11 bits per heavy atom. The van der Waals surface area contributed by atoms with Gasteiger partial charge in [-0.15, -0.1) is 0 Å². The van der Waals surface area contributed by atoms with Gasteiger partial charge in [0.15, 0.2) is 0 Å². The normalized spacial score (nSPS) is 10.4. The number of rotatable bonds is 3. The fourth-order valence-electron chi connectivity index (χ4n) is 1.63. The maximum atomic E-state index is 5.79. The summed E-state index contributed by atoms with van der Waals surface area (Å²) in [6, 6.07) is 7.96. The summed E-state index contributed by atoms with van der Waals surface area (Å²) in [7, 11) is 0. The van der Waals surface area contributed by atoms with Gasteiger partial charge < -0.3 is 10.5 Å². The Morgan fingerprint density at radius 2 is 1.78 bits per heavy atom. The summed E-state index contributed by atoms with van der Waals surface area (Å²) in [6.07, 6.45) is 1.01. The minimum Gasteiger partial charge on any atom is -0.439 e. The summed E-state index contributed by atoms with van der Waals surface area (Å²) < 4.78 is 5.74. The van der Waals surface area contributed by atoms with Gasteiger partial charge in [0.2, 0.25) is 5.88 Å². The molecule has 94 valence electrons. The maximum absolute atomic E-state index is 5.79. The standard InChI is InChI=1S/C14H17N3O/c1-4-11-5-7-12(8-6-11)18-14-9(2)13(15)16-10(3)17-14/h5-8H,4H2,1-3H3,(H2,15,16,17). The zero-order valence-electron chi connectivity index (χ0n) is 10.9. The molecular weight excluding hydrogens is 226 g/mol. The van der Waals surface area contributed by atoms with Gasteiger partial charge >= 0.3 is 0 Å². The minimum absolute atomic E-state index is 0.461. The molecule has 0 fully saturated rings. The molecule has 0 aliphatic heterocycles. The van der Waals surface area contributed by atoms with Crippen molar-refractivity contribution in [3.63, 3.8) is 0 Å². The number of anilines is 1. The van der Waals surface area contributed by atoms with E-state index >= 15 is 0 Å². The molecule has 0 amide bonds. The SMILES string of the molecule is CCc1ccc(Oc2nc(C)nc(N)c2C)cc1. The average molecular weight is 243 g/mol. The molecule has 2 rings (SSSR count). The highest BCUT2D eigenvalue weighted by Crippen LogP contribution is 2.25. The van der Waals surface area contributed by atoms with Crippen molar-refractivity contribution in [1.29, 1.82) is 0 Å². The molecule has 0 bridgehead atoms. The summed E-state index contributed by atoms with van der Waals surface area (Å²) in [5.74, 6) is 2.35. The largest absolute Gasteiger partial charge is 0.439 e. The number of ether oxygens (including phenoxy) is 1. The molecule has 0 saturated heterocycles. The Kier molecular flexibility index (Phi) is 3.46. The molecule has 0 radical (unpaired) electrons. The molecular formula is C14H17N3O. The summed E-state index contributed by atoms with van der Waals surface area (Å²) in [4.78, 5) is 8.35. The fourth-order valence-corrected chi connectivity index (χ4v) is 1.63. The van der Waals surface area contributed by atoms with E-state index < -0.39 is 0 Å². The second-order valence-electron chi connectivity index (χ2n) is 4.19. The van der Waals surface area contributed by atoms with Crippen LogP contribution >= 0.6 is 0 Å². The van der Waals surface area contributed by atoms with Crippen LogP contribution in [-0.4, -0.2) is 9.97 Å². The molecule has 0 saturated carbocycles. The number of nitrogen functional groups attached to an aromatic ring is 1. The van der Waals surface area contributed by atoms with Crippen LogP contribution in [0.4, 0.5) is 5.82 Å². The summed E-state index contributed by atoms with van der Waals surface area (Å²) in [5.41, 5.74) is 7.83. The van der Waals surface area contributed by atoms with E-state index in [4.69, 9.17) is 10.5 Å². The molecule has 0 spiro atoms.